The van der Waals surface area contributed by atoms with Crippen LogP contribution < -0.4 is 4.90 Å². The Bertz CT molecular complexity index is 431. The van der Waals surface area contributed by atoms with Crippen molar-refractivity contribution in [3.05, 3.63) is 18.1 Å². The molecule has 2 rings (SSSR count). The highest BCUT2D eigenvalue weighted by molar-refractivity contribution is 5.52. The molecule has 0 amide bonds. The molecule has 1 aromatic rings. The fraction of sp³-hybridized carbons (Fsp3) is 0.615. The molecular weight excluding hydrogens is 226 g/mol. The summed E-state index contributed by atoms with van der Waals surface area (Å²) in [7, 11) is 0. The van der Waals surface area contributed by atoms with Gasteiger partial charge in [-0.2, -0.15) is 5.26 Å². The van der Waals surface area contributed by atoms with Crippen molar-refractivity contribution in [1.82, 2.24) is 14.9 Å². The maximum Gasteiger partial charge on any atom is 0.150 e. The van der Waals surface area contributed by atoms with E-state index in [2.05, 4.69) is 39.7 Å². The largest absolute Gasteiger partial charge is 0.353 e. The first-order valence-electron chi connectivity index (χ1n) is 6.45. The van der Waals surface area contributed by atoms with Gasteiger partial charge in [-0.05, 0) is 13.3 Å². The van der Waals surface area contributed by atoms with Crippen LogP contribution in [0.15, 0.2) is 12.5 Å². The van der Waals surface area contributed by atoms with E-state index in [1.165, 1.54) is 12.7 Å². The lowest BCUT2D eigenvalue weighted by atomic mass is 10.2. The molecule has 0 aliphatic carbocycles. The minimum absolute atomic E-state index is 0.564. The molecule has 0 radical (unpaired) electrons. The monoisotopic (exact) mass is 245 g/mol. The normalized spacial score (nSPS) is 18.4. The Morgan fingerprint density at radius 2 is 2.11 bits per heavy atom. The van der Waals surface area contributed by atoms with Crippen molar-refractivity contribution in [2.45, 2.75) is 26.3 Å². The fourth-order valence-electron chi connectivity index (χ4n) is 2.29. The molecule has 1 atom stereocenters. The summed E-state index contributed by atoms with van der Waals surface area (Å²) in [5.74, 6) is 0.774. The molecule has 1 saturated heterocycles. The van der Waals surface area contributed by atoms with Crippen molar-refractivity contribution in [2.24, 2.45) is 0 Å². The topological polar surface area (TPSA) is 56.1 Å². The second kappa shape index (κ2) is 5.78. The highest BCUT2D eigenvalue weighted by Crippen LogP contribution is 2.18. The summed E-state index contributed by atoms with van der Waals surface area (Å²) in [6.07, 6.45) is 4.28. The van der Waals surface area contributed by atoms with Crippen molar-refractivity contribution in [3.63, 3.8) is 0 Å². The van der Waals surface area contributed by atoms with E-state index in [1.54, 1.807) is 6.20 Å². The number of rotatable bonds is 3. The smallest absolute Gasteiger partial charge is 0.150 e. The molecule has 1 fully saturated rings. The molecule has 1 aliphatic rings. The van der Waals surface area contributed by atoms with Crippen molar-refractivity contribution in [1.29, 1.82) is 5.26 Å². The number of hydrogen-bond acceptors (Lipinski definition) is 5. The second-order valence-corrected chi connectivity index (χ2v) is 4.65. The van der Waals surface area contributed by atoms with Gasteiger partial charge >= 0.3 is 0 Å². The molecule has 2 heterocycles. The van der Waals surface area contributed by atoms with Crippen LogP contribution >= 0.6 is 0 Å². The zero-order valence-corrected chi connectivity index (χ0v) is 11.0. The molecule has 0 spiro atoms. The van der Waals surface area contributed by atoms with Gasteiger partial charge < -0.3 is 4.90 Å². The Morgan fingerprint density at radius 3 is 2.72 bits per heavy atom. The van der Waals surface area contributed by atoms with Crippen LogP contribution in [-0.4, -0.2) is 47.1 Å². The van der Waals surface area contributed by atoms with Gasteiger partial charge in [0.15, 0.2) is 0 Å². The van der Waals surface area contributed by atoms with Crippen LogP contribution in [0.3, 0.4) is 0 Å². The van der Waals surface area contributed by atoms with E-state index in [0.29, 0.717) is 11.6 Å². The first-order valence-corrected chi connectivity index (χ1v) is 6.45. The summed E-state index contributed by atoms with van der Waals surface area (Å²) < 4.78 is 0. The Balaban J connectivity index is 2.04. The first kappa shape index (κ1) is 12.8. The lowest BCUT2D eigenvalue weighted by Crippen LogP contribution is -2.49. The van der Waals surface area contributed by atoms with Gasteiger partial charge in [0.25, 0.3) is 0 Å². The highest BCUT2D eigenvalue weighted by atomic mass is 15.3. The second-order valence-electron chi connectivity index (χ2n) is 4.65. The Labute approximate surface area is 108 Å². The molecule has 5 nitrogen and oxygen atoms in total. The summed E-state index contributed by atoms with van der Waals surface area (Å²) in [4.78, 5) is 12.8. The maximum absolute atomic E-state index is 9.06. The SMILES string of the molecule is CCC(C)N1CCN(c2ncncc2C#N)CC1. The summed E-state index contributed by atoms with van der Waals surface area (Å²) >= 11 is 0. The standard InChI is InChI=1S/C13H19N5/c1-3-11(2)17-4-6-18(7-5-17)13-12(8-14)9-15-10-16-13/h9-11H,3-7H2,1-2H3. The number of anilines is 1. The summed E-state index contributed by atoms with van der Waals surface area (Å²) in [6.45, 7) is 8.40. The van der Waals surface area contributed by atoms with E-state index in [0.717, 1.165) is 32.0 Å². The third-order valence-corrected chi connectivity index (χ3v) is 3.64. The zero-order valence-electron chi connectivity index (χ0n) is 11.0. The predicted molar refractivity (Wildman–Crippen MR) is 70.3 cm³/mol. The number of nitrogens with zero attached hydrogens (tertiary/aromatic N) is 5. The molecular formula is C13H19N5. The lowest BCUT2D eigenvalue weighted by molar-refractivity contribution is 0.192. The average Bonchev–Trinajstić information content (AvgIpc) is 2.46. The summed E-state index contributed by atoms with van der Waals surface area (Å²) in [5, 5.41) is 9.06. The number of piperazine rings is 1. The molecule has 18 heavy (non-hydrogen) atoms. The van der Waals surface area contributed by atoms with Crippen LogP contribution in [0.2, 0.25) is 0 Å². The van der Waals surface area contributed by atoms with E-state index < -0.39 is 0 Å². The molecule has 1 aliphatic heterocycles. The zero-order chi connectivity index (χ0) is 13.0. The summed E-state index contributed by atoms with van der Waals surface area (Å²) in [5.41, 5.74) is 0.564. The van der Waals surface area contributed by atoms with Gasteiger partial charge in [0.2, 0.25) is 0 Å². The molecule has 0 bridgehead atoms. The predicted octanol–water partition coefficient (Wildman–Crippen LogP) is 1.27. The Hall–Kier alpha value is -1.67. The minimum atomic E-state index is 0.564. The van der Waals surface area contributed by atoms with Crippen molar-refractivity contribution in [2.75, 3.05) is 31.1 Å². The highest BCUT2D eigenvalue weighted by Gasteiger charge is 2.22. The van der Waals surface area contributed by atoms with Gasteiger partial charge in [-0.15, -0.1) is 0 Å². The number of aromatic nitrogens is 2. The van der Waals surface area contributed by atoms with Gasteiger partial charge in [0.1, 0.15) is 23.8 Å². The van der Waals surface area contributed by atoms with Crippen molar-refractivity contribution in [3.8, 4) is 6.07 Å². The minimum Gasteiger partial charge on any atom is -0.353 e. The molecule has 0 aromatic carbocycles. The Kier molecular flexibility index (Phi) is 4.11. The maximum atomic E-state index is 9.06. The van der Waals surface area contributed by atoms with Crippen molar-refractivity contribution >= 4 is 5.82 Å². The van der Waals surface area contributed by atoms with E-state index >= 15 is 0 Å². The molecule has 0 saturated carbocycles. The molecule has 1 unspecified atom stereocenters. The van der Waals surface area contributed by atoms with Gasteiger partial charge in [-0.1, -0.05) is 6.92 Å². The van der Waals surface area contributed by atoms with E-state index in [-0.39, 0.29) is 0 Å². The van der Waals surface area contributed by atoms with Crippen LogP contribution in [-0.2, 0) is 0 Å². The molecule has 0 N–H and O–H groups in total. The van der Waals surface area contributed by atoms with Gasteiger partial charge in [0, 0.05) is 32.2 Å². The van der Waals surface area contributed by atoms with Crippen LogP contribution in [0.4, 0.5) is 5.82 Å². The number of hydrogen-bond donors (Lipinski definition) is 0. The molecule has 1 aromatic heterocycles. The van der Waals surface area contributed by atoms with E-state index in [4.69, 9.17) is 5.26 Å². The van der Waals surface area contributed by atoms with Gasteiger partial charge in [0.05, 0.1) is 6.20 Å². The fourth-order valence-corrected chi connectivity index (χ4v) is 2.29. The molecule has 96 valence electrons. The summed E-state index contributed by atoms with van der Waals surface area (Å²) in [6, 6.07) is 2.79. The van der Waals surface area contributed by atoms with Crippen LogP contribution in [0, 0.1) is 11.3 Å². The Morgan fingerprint density at radius 1 is 1.39 bits per heavy atom. The van der Waals surface area contributed by atoms with Crippen molar-refractivity contribution < 1.29 is 0 Å². The quantitative estimate of drug-likeness (QED) is 0.802. The van der Waals surface area contributed by atoms with Crippen LogP contribution in [0.5, 0.6) is 0 Å². The van der Waals surface area contributed by atoms with Crippen LogP contribution in [0.25, 0.3) is 0 Å². The van der Waals surface area contributed by atoms with E-state index in [9.17, 15) is 0 Å². The average molecular weight is 245 g/mol. The third-order valence-electron chi connectivity index (χ3n) is 3.64. The van der Waals surface area contributed by atoms with Gasteiger partial charge in [-0.3, -0.25) is 4.90 Å². The van der Waals surface area contributed by atoms with Crippen LogP contribution in [0.1, 0.15) is 25.8 Å². The van der Waals surface area contributed by atoms with E-state index in [1.807, 2.05) is 0 Å². The lowest BCUT2D eigenvalue weighted by Gasteiger charge is -2.38. The first-order chi connectivity index (χ1) is 8.76. The number of nitriles is 1. The third kappa shape index (κ3) is 2.59. The molecule has 5 heteroatoms. The van der Waals surface area contributed by atoms with Gasteiger partial charge in [-0.25, -0.2) is 9.97 Å².